The summed E-state index contributed by atoms with van der Waals surface area (Å²) in [4.78, 5) is 25.8. The van der Waals surface area contributed by atoms with E-state index in [0.29, 0.717) is 4.60 Å². The van der Waals surface area contributed by atoms with Crippen LogP contribution in [-0.2, 0) is 4.74 Å². The van der Waals surface area contributed by atoms with Gasteiger partial charge in [0.2, 0.25) is 5.65 Å². The van der Waals surface area contributed by atoms with Gasteiger partial charge in [-0.05, 0) is 28.9 Å². The third kappa shape index (κ3) is 2.06. The molecule has 0 fully saturated rings. The van der Waals surface area contributed by atoms with Gasteiger partial charge in [0.25, 0.3) is 0 Å². The Bertz CT molecular complexity index is 637. The summed E-state index contributed by atoms with van der Waals surface area (Å²) in [5.41, 5.74) is -0.0435. The molecule has 8 heteroatoms. The van der Waals surface area contributed by atoms with Crippen molar-refractivity contribution in [1.29, 1.82) is 0 Å². The van der Waals surface area contributed by atoms with E-state index in [2.05, 4.69) is 20.9 Å². The van der Waals surface area contributed by atoms with Gasteiger partial charge in [0.1, 0.15) is 0 Å². The molecule has 2 aromatic rings. The maximum Gasteiger partial charge on any atom is 0.358 e. The predicted molar refractivity (Wildman–Crippen MR) is 65.5 cm³/mol. The van der Waals surface area contributed by atoms with Crippen molar-refractivity contribution in [3.8, 4) is 0 Å². The number of esters is 1. The number of carbonyl (C=O) groups is 1. The molecule has 2 rings (SSSR count). The zero-order valence-corrected chi connectivity index (χ0v) is 10.9. The van der Waals surface area contributed by atoms with Gasteiger partial charge in [-0.3, -0.25) is 14.5 Å². The number of rotatable bonds is 3. The molecule has 0 saturated heterocycles. The first kappa shape index (κ1) is 12.5. The Morgan fingerprint density at radius 3 is 2.94 bits per heavy atom. The quantitative estimate of drug-likeness (QED) is 0.375. The lowest BCUT2D eigenvalue weighted by molar-refractivity contribution is -0.383. The van der Waals surface area contributed by atoms with E-state index >= 15 is 0 Å². The van der Waals surface area contributed by atoms with E-state index in [1.807, 2.05) is 0 Å². The third-order valence-electron chi connectivity index (χ3n) is 2.23. The van der Waals surface area contributed by atoms with E-state index in [0.717, 1.165) is 0 Å². The number of pyridine rings is 1. The van der Waals surface area contributed by atoms with Gasteiger partial charge in [-0.1, -0.05) is 0 Å². The van der Waals surface area contributed by atoms with Crippen LogP contribution in [0.15, 0.2) is 22.9 Å². The summed E-state index contributed by atoms with van der Waals surface area (Å²) in [6.07, 6.45) is 1.39. The number of fused-ring (bicyclic) bond motifs is 1. The highest BCUT2D eigenvalue weighted by Crippen LogP contribution is 2.24. The number of aromatic nitrogens is 2. The SMILES string of the molecule is CCOC(=O)c1cn2c(Br)ccc([N+](=O)[O-])c2n1. The smallest absolute Gasteiger partial charge is 0.358 e. The average Bonchev–Trinajstić information content (AvgIpc) is 2.75. The second kappa shape index (κ2) is 4.73. The van der Waals surface area contributed by atoms with Crippen molar-refractivity contribution in [1.82, 2.24) is 9.38 Å². The molecule has 0 saturated carbocycles. The Morgan fingerprint density at radius 2 is 2.33 bits per heavy atom. The van der Waals surface area contributed by atoms with Crippen LogP contribution in [0.25, 0.3) is 5.65 Å². The zero-order valence-electron chi connectivity index (χ0n) is 9.29. The molecule has 0 aromatic carbocycles. The van der Waals surface area contributed by atoms with Crippen LogP contribution < -0.4 is 0 Å². The van der Waals surface area contributed by atoms with E-state index in [4.69, 9.17) is 4.74 Å². The average molecular weight is 314 g/mol. The minimum atomic E-state index is -0.609. The molecule has 2 heterocycles. The molecule has 0 aliphatic carbocycles. The number of hydrogen-bond acceptors (Lipinski definition) is 5. The molecule has 0 unspecified atom stereocenters. The number of imidazole rings is 1. The fraction of sp³-hybridized carbons (Fsp3) is 0.200. The van der Waals surface area contributed by atoms with Crippen LogP contribution in [0.1, 0.15) is 17.4 Å². The second-order valence-corrected chi connectivity index (χ2v) is 4.15. The van der Waals surface area contributed by atoms with Gasteiger partial charge in [-0.2, -0.15) is 0 Å². The van der Waals surface area contributed by atoms with Crippen LogP contribution in [0.4, 0.5) is 5.69 Å². The first-order valence-electron chi connectivity index (χ1n) is 5.03. The van der Waals surface area contributed by atoms with Crippen molar-refractivity contribution in [2.75, 3.05) is 6.61 Å². The highest BCUT2D eigenvalue weighted by Gasteiger charge is 2.20. The topological polar surface area (TPSA) is 86.7 Å². The molecule has 18 heavy (non-hydrogen) atoms. The van der Waals surface area contributed by atoms with E-state index in [1.165, 1.54) is 22.7 Å². The van der Waals surface area contributed by atoms with Crippen molar-refractivity contribution in [3.63, 3.8) is 0 Å². The molecule has 2 aromatic heterocycles. The zero-order chi connectivity index (χ0) is 13.3. The van der Waals surface area contributed by atoms with E-state index < -0.39 is 10.9 Å². The molecule has 0 aliphatic heterocycles. The molecule has 94 valence electrons. The molecule has 0 atom stereocenters. The maximum absolute atomic E-state index is 11.5. The summed E-state index contributed by atoms with van der Waals surface area (Å²) in [6.45, 7) is 1.89. The summed E-state index contributed by atoms with van der Waals surface area (Å²) in [5, 5.41) is 10.9. The van der Waals surface area contributed by atoms with Gasteiger partial charge in [0, 0.05) is 12.3 Å². The minimum Gasteiger partial charge on any atom is -0.461 e. The fourth-order valence-electron chi connectivity index (χ4n) is 1.47. The van der Waals surface area contributed by atoms with Gasteiger partial charge in [-0.15, -0.1) is 0 Å². The first-order chi connectivity index (χ1) is 8.54. The molecule has 7 nitrogen and oxygen atoms in total. The molecule has 0 radical (unpaired) electrons. The molecule has 0 aliphatic rings. The minimum absolute atomic E-state index is 0.0341. The Kier molecular flexibility index (Phi) is 3.28. The van der Waals surface area contributed by atoms with Gasteiger partial charge in [0.15, 0.2) is 5.69 Å². The Balaban J connectivity index is 2.62. The van der Waals surface area contributed by atoms with Crippen molar-refractivity contribution >= 4 is 33.2 Å². The summed E-state index contributed by atoms with van der Waals surface area (Å²) in [6, 6.07) is 2.84. The highest BCUT2D eigenvalue weighted by atomic mass is 79.9. The number of ether oxygens (including phenoxy) is 1. The normalized spacial score (nSPS) is 10.6. The van der Waals surface area contributed by atoms with Crippen molar-refractivity contribution in [2.24, 2.45) is 0 Å². The van der Waals surface area contributed by atoms with Gasteiger partial charge in [0.05, 0.1) is 16.1 Å². The Morgan fingerprint density at radius 1 is 1.61 bits per heavy atom. The van der Waals surface area contributed by atoms with Crippen LogP contribution in [0, 0.1) is 10.1 Å². The van der Waals surface area contributed by atoms with Crippen molar-refractivity contribution in [3.05, 3.63) is 38.7 Å². The first-order valence-corrected chi connectivity index (χ1v) is 5.83. The van der Waals surface area contributed by atoms with Crippen molar-refractivity contribution < 1.29 is 14.5 Å². The molecular weight excluding hydrogens is 306 g/mol. The number of nitro groups is 1. The largest absolute Gasteiger partial charge is 0.461 e. The van der Waals surface area contributed by atoms with Gasteiger partial charge < -0.3 is 4.74 Å². The Labute approximate surface area is 110 Å². The third-order valence-corrected chi connectivity index (χ3v) is 2.87. The summed E-state index contributed by atoms with van der Waals surface area (Å²) in [7, 11) is 0. The van der Waals surface area contributed by atoms with Crippen LogP contribution in [0.3, 0.4) is 0 Å². The molecular formula is C10H8BrN3O4. The van der Waals surface area contributed by atoms with E-state index in [-0.39, 0.29) is 23.6 Å². The van der Waals surface area contributed by atoms with Crippen LogP contribution in [0.2, 0.25) is 0 Å². The second-order valence-electron chi connectivity index (χ2n) is 3.34. The molecule has 0 spiro atoms. The van der Waals surface area contributed by atoms with E-state index in [9.17, 15) is 14.9 Å². The standard InChI is InChI=1S/C10H8BrN3O4/c1-2-18-10(15)6-5-13-8(11)4-3-7(14(16)17)9(13)12-6/h3-5H,2H2,1H3. The van der Waals surface area contributed by atoms with Crippen molar-refractivity contribution in [2.45, 2.75) is 6.92 Å². The summed E-state index contributed by atoms with van der Waals surface area (Å²) >= 11 is 3.23. The summed E-state index contributed by atoms with van der Waals surface area (Å²) in [5.74, 6) is -0.609. The Hall–Kier alpha value is -1.96. The van der Waals surface area contributed by atoms with Gasteiger partial charge >= 0.3 is 11.7 Å². The van der Waals surface area contributed by atoms with E-state index in [1.54, 1.807) is 6.92 Å². The summed E-state index contributed by atoms with van der Waals surface area (Å²) < 4.78 is 6.78. The number of halogens is 1. The number of carbonyl (C=O) groups excluding carboxylic acids is 1. The highest BCUT2D eigenvalue weighted by molar-refractivity contribution is 9.10. The maximum atomic E-state index is 11.5. The lowest BCUT2D eigenvalue weighted by Crippen LogP contribution is -2.04. The predicted octanol–water partition coefficient (Wildman–Crippen LogP) is 2.18. The number of hydrogen-bond donors (Lipinski definition) is 0. The van der Waals surface area contributed by atoms with Crippen LogP contribution in [-0.4, -0.2) is 26.9 Å². The van der Waals surface area contributed by atoms with Gasteiger partial charge in [-0.25, -0.2) is 9.78 Å². The molecule has 0 bridgehead atoms. The fourth-order valence-corrected chi connectivity index (χ4v) is 1.87. The van der Waals surface area contributed by atoms with Crippen LogP contribution >= 0.6 is 15.9 Å². The lowest BCUT2D eigenvalue weighted by atomic mass is 10.4. The monoisotopic (exact) mass is 313 g/mol. The van der Waals surface area contributed by atoms with Crippen LogP contribution in [0.5, 0.6) is 0 Å². The molecule has 0 amide bonds. The number of nitrogens with zero attached hydrogens (tertiary/aromatic N) is 3. The lowest BCUT2D eigenvalue weighted by Gasteiger charge is -1.97. The molecule has 0 N–H and O–H groups in total.